The number of hydrogen-bond donors (Lipinski definition) is 2. The van der Waals surface area contributed by atoms with Gasteiger partial charge in [-0.2, -0.15) is 14.0 Å². The van der Waals surface area contributed by atoms with Crippen LogP contribution in [0.5, 0.6) is 0 Å². The van der Waals surface area contributed by atoms with E-state index in [1.165, 1.54) is 24.4 Å². The molecule has 1 amide bonds. The molecule has 0 aliphatic heterocycles. The van der Waals surface area contributed by atoms with Crippen LogP contribution < -0.4 is 5.32 Å². The number of nitrogens with zero attached hydrogens (tertiary/aromatic N) is 2. The van der Waals surface area contributed by atoms with Crippen LogP contribution in [0.4, 0.5) is 13.2 Å². The summed E-state index contributed by atoms with van der Waals surface area (Å²) in [6, 6.07) is 3.45. The molecule has 2 unspecified atom stereocenters. The van der Waals surface area contributed by atoms with E-state index in [1.54, 1.807) is 11.4 Å². The second kappa shape index (κ2) is 9.39. The Kier molecular flexibility index (Phi) is 7.56. The Hall–Kier alpha value is -2.92. The van der Waals surface area contributed by atoms with Gasteiger partial charge in [0.2, 0.25) is 0 Å². The third kappa shape index (κ3) is 5.90. The SMILES string of the molecule is C=C(/C=C\C(=C)C(O)C(CF)NC(=O)C(F)F)c1ccc(C#N)nc1. The molecule has 0 aromatic carbocycles. The topological polar surface area (TPSA) is 86.0 Å². The quantitative estimate of drug-likeness (QED) is 0.703. The van der Waals surface area contributed by atoms with Crippen molar-refractivity contribution in [3.05, 3.63) is 60.5 Å². The van der Waals surface area contributed by atoms with Crippen molar-refractivity contribution < 1.29 is 23.1 Å². The van der Waals surface area contributed by atoms with Crippen LogP contribution in [0.15, 0.2) is 49.2 Å². The molecule has 8 heteroatoms. The maximum atomic E-state index is 12.9. The number of hydrogen-bond acceptors (Lipinski definition) is 4. The largest absolute Gasteiger partial charge is 0.386 e. The van der Waals surface area contributed by atoms with Crippen LogP contribution >= 0.6 is 0 Å². The highest BCUT2D eigenvalue weighted by atomic mass is 19.3. The third-order valence-corrected chi connectivity index (χ3v) is 3.20. The number of nitriles is 1. The minimum Gasteiger partial charge on any atom is -0.386 e. The van der Waals surface area contributed by atoms with E-state index in [1.807, 2.05) is 6.07 Å². The van der Waals surface area contributed by atoms with E-state index in [4.69, 9.17) is 5.26 Å². The molecule has 0 aliphatic rings. The third-order valence-electron chi connectivity index (χ3n) is 3.20. The molecule has 1 rings (SSSR count). The molecule has 0 saturated heterocycles. The van der Waals surface area contributed by atoms with Crippen molar-refractivity contribution in [1.29, 1.82) is 5.26 Å². The first-order valence-corrected chi connectivity index (χ1v) is 7.05. The van der Waals surface area contributed by atoms with Crippen molar-refractivity contribution in [1.82, 2.24) is 10.3 Å². The van der Waals surface area contributed by atoms with Crippen LogP contribution in [-0.2, 0) is 4.79 Å². The first kappa shape index (κ1) is 20.1. The van der Waals surface area contributed by atoms with Crippen LogP contribution in [0, 0.1) is 11.3 Å². The number of aliphatic hydroxyl groups excluding tert-OH is 1. The lowest BCUT2D eigenvalue weighted by Crippen LogP contribution is -2.47. The van der Waals surface area contributed by atoms with Crippen molar-refractivity contribution >= 4 is 11.5 Å². The highest BCUT2D eigenvalue weighted by Gasteiger charge is 2.26. The van der Waals surface area contributed by atoms with E-state index >= 15 is 0 Å². The fourth-order valence-electron chi connectivity index (χ4n) is 1.76. The van der Waals surface area contributed by atoms with Crippen LogP contribution in [0.3, 0.4) is 0 Å². The van der Waals surface area contributed by atoms with Gasteiger partial charge in [0, 0.05) is 6.20 Å². The molecule has 0 spiro atoms. The highest BCUT2D eigenvalue weighted by molar-refractivity contribution is 5.79. The summed E-state index contributed by atoms with van der Waals surface area (Å²) in [4.78, 5) is 14.8. The highest BCUT2D eigenvalue weighted by Crippen LogP contribution is 2.15. The molecule has 2 atom stereocenters. The average Bonchev–Trinajstić information content (AvgIpc) is 2.62. The van der Waals surface area contributed by atoms with Gasteiger partial charge in [-0.3, -0.25) is 4.79 Å². The number of rotatable bonds is 8. The van der Waals surface area contributed by atoms with Crippen molar-refractivity contribution in [2.24, 2.45) is 0 Å². The molecule has 2 N–H and O–H groups in total. The Balaban J connectivity index is 2.74. The maximum absolute atomic E-state index is 12.9. The summed E-state index contributed by atoms with van der Waals surface area (Å²) in [6.07, 6.45) is -0.691. The number of aromatic nitrogens is 1. The standard InChI is InChI=1S/C17H16F3N3O2/c1-10(12-5-6-13(8-21)22-9-12)3-4-11(2)15(24)14(7-18)23-17(25)16(19)20/h3-6,9,14-16,24H,1-2,7H2,(H,23,25)/b4-3-. The second-order valence-corrected chi connectivity index (χ2v) is 4.99. The number of aliphatic hydroxyl groups is 1. The number of carbonyl (C=O) groups excluding carboxylic acids is 1. The maximum Gasteiger partial charge on any atom is 0.315 e. The lowest BCUT2D eigenvalue weighted by Gasteiger charge is -2.21. The van der Waals surface area contributed by atoms with Gasteiger partial charge in [0.1, 0.15) is 24.5 Å². The van der Waals surface area contributed by atoms with E-state index in [-0.39, 0.29) is 11.3 Å². The molecule has 5 nitrogen and oxygen atoms in total. The summed E-state index contributed by atoms with van der Waals surface area (Å²) >= 11 is 0. The summed E-state index contributed by atoms with van der Waals surface area (Å²) in [5.74, 6) is -1.67. The van der Waals surface area contributed by atoms with E-state index < -0.39 is 31.2 Å². The molecule has 1 aromatic rings. The van der Waals surface area contributed by atoms with Gasteiger partial charge in [0.25, 0.3) is 5.91 Å². The van der Waals surface area contributed by atoms with Crippen LogP contribution in [0.1, 0.15) is 11.3 Å². The van der Waals surface area contributed by atoms with Crippen molar-refractivity contribution in [2.75, 3.05) is 6.67 Å². The van der Waals surface area contributed by atoms with E-state index in [0.29, 0.717) is 11.1 Å². The lowest BCUT2D eigenvalue weighted by molar-refractivity contribution is -0.133. The first-order chi connectivity index (χ1) is 11.8. The molecule has 0 bridgehead atoms. The Morgan fingerprint density at radius 3 is 2.56 bits per heavy atom. The van der Waals surface area contributed by atoms with Crippen LogP contribution in [0.2, 0.25) is 0 Å². The predicted octanol–water partition coefficient (Wildman–Crippen LogP) is 2.16. The zero-order chi connectivity index (χ0) is 19.0. The zero-order valence-electron chi connectivity index (χ0n) is 13.1. The predicted molar refractivity (Wildman–Crippen MR) is 86.2 cm³/mol. The van der Waals surface area contributed by atoms with Gasteiger partial charge in [-0.05, 0) is 28.8 Å². The molecule has 1 heterocycles. The van der Waals surface area contributed by atoms with Gasteiger partial charge in [-0.1, -0.05) is 25.3 Å². The average molecular weight is 351 g/mol. The Morgan fingerprint density at radius 1 is 1.40 bits per heavy atom. The number of carbonyl (C=O) groups is 1. The summed E-state index contributed by atoms with van der Waals surface area (Å²) in [6.45, 7) is 6.06. The van der Waals surface area contributed by atoms with Gasteiger partial charge in [0.05, 0.1) is 6.04 Å². The van der Waals surface area contributed by atoms with Gasteiger partial charge < -0.3 is 10.4 Å². The summed E-state index contributed by atoms with van der Waals surface area (Å²) in [5.41, 5.74) is 1.31. The number of pyridine rings is 1. The van der Waals surface area contributed by atoms with Crippen molar-refractivity contribution in [3.8, 4) is 6.07 Å². The molecule has 0 fully saturated rings. The monoisotopic (exact) mass is 351 g/mol. The van der Waals surface area contributed by atoms with E-state index in [0.717, 1.165) is 0 Å². The fraction of sp³-hybridized carbons (Fsp3) is 0.235. The van der Waals surface area contributed by atoms with Gasteiger partial charge in [-0.25, -0.2) is 9.37 Å². The molecule has 25 heavy (non-hydrogen) atoms. The smallest absolute Gasteiger partial charge is 0.315 e. The van der Waals surface area contributed by atoms with E-state index in [9.17, 15) is 23.1 Å². The molecule has 1 aromatic heterocycles. The normalized spacial score (nSPS) is 13.3. The molecule has 0 aliphatic carbocycles. The summed E-state index contributed by atoms with van der Waals surface area (Å²) in [7, 11) is 0. The van der Waals surface area contributed by atoms with E-state index in [2.05, 4.69) is 18.1 Å². The first-order valence-electron chi connectivity index (χ1n) is 7.05. The molecule has 0 radical (unpaired) electrons. The van der Waals surface area contributed by atoms with Crippen LogP contribution in [-0.4, -0.2) is 41.2 Å². The lowest BCUT2D eigenvalue weighted by atomic mass is 10.0. The number of halogens is 3. The fourth-order valence-corrected chi connectivity index (χ4v) is 1.76. The Labute approximate surface area is 142 Å². The van der Waals surface area contributed by atoms with Gasteiger partial charge in [-0.15, -0.1) is 0 Å². The Morgan fingerprint density at radius 2 is 2.08 bits per heavy atom. The number of amides is 1. The summed E-state index contributed by atoms with van der Waals surface area (Å²) < 4.78 is 37.3. The van der Waals surface area contributed by atoms with Crippen molar-refractivity contribution in [3.63, 3.8) is 0 Å². The minimum absolute atomic E-state index is 0.0000273. The summed E-state index contributed by atoms with van der Waals surface area (Å²) in [5, 5.41) is 20.3. The number of allylic oxidation sites excluding steroid dienone is 2. The molecule has 132 valence electrons. The molecular weight excluding hydrogens is 335 g/mol. The molecule has 0 saturated carbocycles. The number of nitrogens with one attached hydrogen (secondary N) is 1. The number of alkyl halides is 3. The van der Waals surface area contributed by atoms with Crippen LogP contribution in [0.25, 0.3) is 5.57 Å². The zero-order valence-corrected chi connectivity index (χ0v) is 13.1. The molecular formula is C17H16F3N3O2. The van der Waals surface area contributed by atoms with Gasteiger partial charge >= 0.3 is 6.43 Å². The van der Waals surface area contributed by atoms with Crippen molar-refractivity contribution in [2.45, 2.75) is 18.6 Å². The minimum atomic E-state index is -3.31. The van der Waals surface area contributed by atoms with Gasteiger partial charge in [0.15, 0.2) is 0 Å². The second-order valence-electron chi connectivity index (χ2n) is 4.99. The Bertz CT molecular complexity index is 709.